The maximum atomic E-state index is 13.2. The quantitative estimate of drug-likeness (QED) is 0.0198. The molecule has 0 aliphatic heterocycles. The van der Waals surface area contributed by atoms with Crippen LogP contribution in [0.25, 0.3) is 0 Å². The Morgan fingerprint density at radius 1 is 0.446 bits per heavy atom. The van der Waals surface area contributed by atoms with E-state index in [0.29, 0.717) is 26.2 Å². The molecular weight excluding hydrogens is 851 g/mol. The van der Waals surface area contributed by atoms with Crippen LogP contribution in [0, 0.1) is 0 Å². The van der Waals surface area contributed by atoms with E-state index < -0.39 is 0 Å². The van der Waals surface area contributed by atoms with Gasteiger partial charge in [0.15, 0.2) is 18.8 Å². The molecule has 0 aliphatic rings. The molecule has 65 heavy (non-hydrogen) atoms. The van der Waals surface area contributed by atoms with Crippen molar-refractivity contribution in [3.63, 3.8) is 0 Å². The van der Waals surface area contributed by atoms with E-state index in [1.54, 1.807) is 0 Å². The molecule has 0 rings (SSSR count). The van der Waals surface area contributed by atoms with Crippen molar-refractivity contribution in [1.82, 2.24) is 0 Å². The molecule has 0 radical (unpaired) electrons. The van der Waals surface area contributed by atoms with Gasteiger partial charge < -0.3 is 32.9 Å². The first-order chi connectivity index (χ1) is 31.2. The summed E-state index contributed by atoms with van der Waals surface area (Å²) in [7, 11) is 4.40. The van der Waals surface area contributed by atoms with Crippen molar-refractivity contribution in [3.05, 3.63) is 36.5 Å². The number of carbonyl (C=O) groups is 1. The van der Waals surface area contributed by atoms with Gasteiger partial charge in [-0.2, -0.15) is 0 Å². The van der Waals surface area contributed by atoms with Crippen molar-refractivity contribution < 1.29 is 55.1 Å². The van der Waals surface area contributed by atoms with E-state index in [2.05, 4.69) is 78.2 Å². The van der Waals surface area contributed by atoms with Gasteiger partial charge in [-0.25, -0.2) is 0 Å². The van der Waals surface area contributed by atoms with Crippen molar-refractivity contribution in [2.75, 3.05) is 53.7 Å². The van der Waals surface area contributed by atoms with Gasteiger partial charge in [-0.15, -0.1) is 0 Å². The number of ether oxygens (including phenoxy) is 6. The van der Waals surface area contributed by atoms with Crippen LogP contribution in [0.15, 0.2) is 36.5 Å². The minimum absolute atomic E-state index is 0. The van der Waals surface area contributed by atoms with Crippen LogP contribution in [0.3, 0.4) is 0 Å². The summed E-state index contributed by atoms with van der Waals surface area (Å²) in [6.45, 7) is 17.1. The van der Waals surface area contributed by atoms with Gasteiger partial charge in [0, 0.05) is 43.9 Å². The van der Waals surface area contributed by atoms with Gasteiger partial charge in [-0.05, 0) is 90.9 Å². The first-order valence-corrected chi connectivity index (χ1v) is 27.2. The second kappa shape index (κ2) is 50.8. The predicted octanol–water partition coefficient (Wildman–Crippen LogP) is 15.9. The average molecular weight is 959 g/mol. The second-order valence-electron chi connectivity index (χ2n) is 19.0. The first kappa shape index (κ1) is 66.1. The van der Waals surface area contributed by atoms with Crippen molar-refractivity contribution in [1.29, 1.82) is 0 Å². The summed E-state index contributed by atoms with van der Waals surface area (Å²) >= 11 is 0. The first-order valence-electron chi connectivity index (χ1n) is 27.2. The summed E-state index contributed by atoms with van der Waals surface area (Å²) < 4.78 is 36.4. The van der Waals surface area contributed by atoms with Crippen LogP contribution < -0.4 is 0 Å². The average Bonchev–Trinajstić information content (AvgIpc) is 3.27. The number of nitrogens with zero attached hydrogens (tertiary/aromatic N) is 1. The van der Waals surface area contributed by atoms with Crippen LogP contribution in [0.5, 0.6) is 0 Å². The molecule has 0 N–H and O–H groups in total. The number of quaternary nitrogens is 1. The molecule has 0 heterocycles. The van der Waals surface area contributed by atoms with Crippen molar-refractivity contribution >= 4 is 5.97 Å². The summed E-state index contributed by atoms with van der Waals surface area (Å²) in [6, 6.07) is 0. The van der Waals surface area contributed by atoms with E-state index in [1.807, 2.05) is 13.8 Å². The predicted molar refractivity (Wildman–Crippen MR) is 273 cm³/mol. The number of rotatable bonds is 50. The van der Waals surface area contributed by atoms with Gasteiger partial charge in [0.1, 0.15) is 6.10 Å². The van der Waals surface area contributed by atoms with Gasteiger partial charge in [0.25, 0.3) is 0 Å². The van der Waals surface area contributed by atoms with E-state index in [9.17, 15) is 4.79 Å². The van der Waals surface area contributed by atoms with Gasteiger partial charge >= 0.3 is 5.97 Å². The molecule has 3 unspecified atom stereocenters. The standard InChI is InChI=1S/C56H108NO7.Cr/c1-9-12-15-18-23-30-37-47-59-52(4)57(7,8)46-42-45-56(58)64-55(43-35-28-21-26-33-40-50-62-53(5)60-48-38-31-24-19-16-13-10-2)44-36-29-22-27-34-41-51-63-54(6)61-49-39-32-25-20-17-14-11-3;/h30-32,37-39,52-55H,9-29,33-36,40-51H2,1-8H3;/q+1;/b37-30-,38-31-,39-32-;. The van der Waals surface area contributed by atoms with E-state index in [1.165, 1.54) is 128 Å². The van der Waals surface area contributed by atoms with Gasteiger partial charge in [-0.1, -0.05) is 166 Å². The largest absolute Gasteiger partial charge is 0.462 e. The maximum absolute atomic E-state index is 13.2. The third-order valence-corrected chi connectivity index (χ3v) is 12.4. The summed E-state index contributed by atoms with van der Waals surface area (Å²) in [5.41, 5.74) is 0. The summed E-state index contributed by atoms with van der Waals surface area (Å²) in [5, 5.41) is 0. The molecule has 0 aliphatic carbocycles. The van der Waals surface area contributed by atoms with Crippen LogP contribution >= 0.6 is 0 Å². The van der Waals surface area contributed by atoms with Gasteiger partial charge in [-0.3, -0.25) is 4.79 Å². The molecule has 0 amide bonds. The zero-order valence-electron chi connectivity index (χ0n) is 44.1. The fourth-order valence-electron chi connectivity index (χ4n) is 7.68. The van der Waals surface area contributed by atoms with Crippen LogP contribution in [-0.2, 0) is 50.6 Å². The minimum Gasteiger partial charge on any atom is -0.462 e. The van der Waals surface area contributed by atoms with Crippen molar-refractivity contribution in [3.8, 4) is 0 Å². The fourth-order valence-corrected chi connectivity index (χ4v) is 7.68. The molecule has 0 aromatic heterocycles. The molecule has 9 heteroatoms. The zero-order valence-corrected chi connectivity index (χ0v) is 45.4. The fraction of sp³-hybridized carbons (Fsp3) is 0.875. The molecule has 0 aromatic carbocycles. The summed E-state index contributed by atoms with van der Waals surface area (Å²) in [5.74, 6) is -0.0437. The molecule has 384 valence electrons. The Labute approximate surface area is 414 Å². The second-order valence-corrected chi connectivity index (χ2v) is 19.0. The van der Waals surface area contributed by atoms with Crippen molar-refractivity contribution in [2.45, 2.75) is 265 Å². The molecule has 0 saturated heterocycles. The maximum Gasteiger partial charge on any atom is 0.306 e. The molecule has 3 atom stereocenters. The molecule has 0 spiro atoms. The Morgan fingerprint density at radius 2 is 0.815 bits per heavy atom. The Kier molecular flexibility index (Phi) is 51.7. The normalized spacial score (nSPS) is 14.1. The SMILES string of the molecule is CCCCCC/C=C\COC(C)OCCCCCCCCC(CCCCCCCCOC(C)OC/C=C\CCCCCC)OC(=O)CCC[N+](C)(C)C(C)OC/C=C\CCCCCC.[Cr]. The summed E-state index contributed by atoms with van der Waals surface area (Å²) in [4.78, 5) is 13.2. The van der Waals surface area contributed by atoms with Crippen LogP contribution in [0.4, 0.5) is 0 Å². The number of unbranched alkanes of at least 4 members (excludes halogenated alkanes) is 22. The Hall–Kier alpha value is -1.02. The van der Waals surface area contributed by atoms with E-state index in [4.69, 9.17) is 28.4 Å². The Morgan fingerprint density at radius 3 is 1.23 bits per heavy atom. The van der Waals surface area contributed by atoms with E-state index in [-0.39, 0.29) is 48.2 Å². The molecular formula is C56H108CrNO7+. The number of allylic oxidation sites excluding steroid dienone is 3. The van der Waals surface area contributed by atoms with Crippen LogP contribution in [0.2, 0.25) is 0 Å². The van der Waals surface area contributed by atoms with Gasteiger partial charge in [0.2, 0.25) is 0 Å². The Bertz CT molecular complexity index is 1020. The molecule has 0 aromatic rings. The zero-order chi connectivity index (χ0) is 47.0. The topological polar surface area (TPSA) is 72.5 Å². The van der Waals surface area contributed by atoms with E-state index >= 15 is 0 Å². The van der Waals surface area contributed by atoms with E-state index in [0.717, 1.165) is 88.4 Å². The smallest absolute Gasteiger partial charge is 0.306 e. The summed E-state index contributed by atoms with van der Waals surface area (Å²) in [6.07, 6.45) is 48.9. The Balaban J connectivity index is 0. The molecule has 0 bridgehead atoms. The third kappa shape index (κ3) is 47.8. The number of hydrogen-bond acceptors (Lipinski definition) is 7. The third-order valence-electron chi connectivity index (χ3n) is 12.4. The number of hydrogen-bond donors (Lipinski definition) is 0. The minimum atomic E-state index is -0.161. The number of carbonyl (C=O) groups excluding carboxylic acids is 1. The molecule has 8 nitrogen and oxygen atoms in total. The van der Waals surface area contributed by atoms with Gasteiger partial charge in [0.05, 0.1) is 46.9 Å². The molecule has 0 saturated carbocycles. The van der Waals surface area contributed by atoms with Crippen LogP contribution in [-0.4, -0.2) is 89.0 Å². The monoisotopic (exact) mass is 959 g/mol. The number of esters is 1. The van der Waals surface area contributed by atoms with Crippen LogP contribution in [0.1, 0.15) is 241 Å². The molecule has 0 fully saturated rings. The van der Waals surface area contributed by atoms with Crippen molar-refractivity contribution in [2.24, 2.45) is 0 Å².